The first-order chi connectivity index (χ1) is 13.8. The summed E-state index contributed by atoms with van der Waals surface area (Å²) >= 11 is 1.74. The fourth-order valence-corrected chi connectivity index (χ4v) is 5.38. The van der Waals surface area contributed by atoms with E-state index >= 15 is 0 Å². The monoisotopic (exact) mass is 432 g/mol. The molecule has 29 heavy (non-hydrogen) atoms. The molecule has 154 valence electrons. The van der Waals surface area contributed by atoms with E-state index < -0.39 is 10.0 Å². The van der Waals surface area contributed by atoms with E-state index in [1.165, 1.54) is 42.5 Å². The minimum absolute atomic E-state index is 0.00867. The van der Waals surface area contributed by atoms with Crippen LogP contribution in [0.3, 0.4) is 0 Å². The predicted octanol–water partition coefficient (Wildman–Crippen LogP) is 3.43. The van der Waals surface area contributed by atoms with Crippen molar-refractivity contribution < 1.29 is 18.0 Å². The molecule has 0 atom stereocenters. The van der Waals surface area contributed by atoms with Crippen molar-refractivity contribution in [2.24, 2.45) is 0 Å². The Bertz CT molecular complexity index is 1000. The van der Waals surface area contributed by atoms with Gasteiger partial charge < -0.3 is 4.90 Å². The van der Waals surface area contributed by atoms with Crippen LogP contribution in [-0.2, 0) is 14.8 Å². The molecule has 0 spiro atoms. The van der Waals surface area contributed by atoms with Gasteiger partial charge in [0.2, 0.25) is 15.9 Å². The molecule has 2 aromatic rings. The van der Waals surface area contributed by atoms with Crippen molar-refractivity contribution in [2.75, 3.05) is 30.8 Å². The van der Waals surface area contributed by atoms with Gasteiger partial charge in [-0.1, -0.05) is 24.3 Å². The highest BCUT2D eigenvalue weighted by molar-refractivity contribution is 7.99. The molecule has 0 unspecified atom stereocenters. The third-order valence-electron chi connectivity index (χ3n) is 4.86. The van der Waals surface area contributed by atoms with E-state index in [9.17, 15) is 18.0 Å². The molecule has 1 heterocycles. The maximum Gasteiger partial charge on any atom is 0.242 e. The first-order valence-corrected chi connectivity index (χ1v) is 11.8. The lowest BCUT2D eigenvalue weighted by Crippen LogP contribution is -2.36. The Labute approximate surface area is 175 Å². The molecule has 6 nitrogen and oxygen atoms in total. The number of ketones is 1. The van der Waals surface area contributed by atoms with Crippen LogP contribution < -0.4 is 4.90 Å². The largest absolute Gasteiger partial charge is 0.310 e. The third-order valence-corrected chi connectivity index (χ3v) is 7.78. The number of amides is 1. The van der Waals surface area contributed by atoms with E-state index in [1.54, 1.807) is 16.7 Å². The van der Waals surface area contributed by atoms with E-state index in [2.05, 4.69) is 0 Å². The Balaban J connectivity index is 1.58. The maximum atomic E-state index is 12.7. The Hall–Kier alpha value is -2.16. The Morgan fingerprint density at radius 3 is 2.48 bits per heavy atom. The Kier molecular flexibility index (Phi) is 6.77. The second kappa shape index (κ2) is 9.11. The van der Waals surface area contributed by atoms with Gasteiger partial charge in [-0.3, -0.25) is 9.59 Å². The van der Waals surface area contributed by atoms with Crippen LogP contribution in [0.1, 0.15) is 30.1 Å². The van der Waals surface area contributed by atoms with Crippen LogP contribution in [0, 0.1) is 0 Å². The number of carbonyl (C=O) groups is 2. The molecular formula is C21H24N2O4S2. The topological polar surface area (TPSA) is 74.8 Å². The molecule has 0 N–H and O–H groups in total. The number of thioether (sulfide) groups is 1. The third kappa shape index (κ3) is 4.88. The van der Waals surface area contributed by atoms with Crippen molar-refractivity contribution in [3.63, 3.8) is 0 Å². The quantitative estimate of drug-likeness (QED) is 0.627. The second-order valence-electron chi connectivity index (χ2n) is 6.87. The van der Waals surface area contributed by atoms with Crippen molar-refractivity contribution in [1.82, 2.24) is 4.31 Å². The molecule has 8 heteroatoms. The smallest absolute Gasteiger partial charge is 0.242 e. The fraction of sp³-hybridized carbons (Fsp3) is 0.333. The van der Waals surface area contributed by atoms with Gasteiger partial charge in [0.1, 0.15) is 0 Å². The van der Waals surface area contributed by atoms with Crippen LogP contribution in [0.4, 0.5) is 5.69 Å². The van der Waals surface area contributed by atoms with Crippen LogP contribution in [0.5, 0.6) is 0 Å². The summed E-state index contributed by atoms with van der Waals surface area (Å²) in [6.07, 6.45) is 0.716. The normalized spacial score (nSPS) is 14.0. The van der Waals surface area contributed by atoms with Crippen LogP contribution in [0.2, 0.25) is 0 Å². The van der Waals surface area contributed by atoms with E-state index in [4.69, 9.17) is 0 Å². The zero-order valence-corrected chi connectivity index (χ0v) is 18.1. The predicted molar refractivity (Wildman–Crippen MR) is 115 cm³/mol. The lowest BCUT2D eigenvalue weighted by Gasteiger charge is -2.29. The summed E-state index contributed by atoms with van der Waals surface area (Å²) < 4.78 is 26.6. The van der Waals surface area contributed by atoms with E-state index in [0.29, 0.717) is 18.5 Å². The van der Waals surface area contributed by atoms with Crippen LogP contribution in [0.25, 0.3) is 0 Å². The van der Waals surface area contributed by atoms with Gasteiger partial charge in [0.25, 0.3) is 0 Å². The van der Waals surface area contributed by atoms with Gasteiger partial charge in [-0.05, 0) is 37.6 Å². The first-order valence-electron chi connectivity index (χ1n) is 9.40. The lowest BCUT2D eigenvalue weighted by atomic mass is 10.2. The number of rotatable bonds is 7. The van der Waals surface area contributed by atoms with E-state index in [1.807, 2.05) is 24.3 Å². The number of carbonyl (C=O) groups excluding carboxylic acids is 2. The molecule has 3 rings (SSSR count). The molecule has 1 aliphatic heterocycles. The van der Waals surface area contributed by atoms with Crippen LogP contribution in [0.15, 0.2) is 58.3 Å². The molecule has 0 saturated heterocycles. The van der Waals surface area contributed by atoms with Crippen LogP contribution in [-0.4, -0.2) is 50.3 Å². The van der Waals surface area contributed by atoms with Crippen molar-refractivity contribution in [3.8, 4) is 0 Å². The summed E-state index contributed by atoms with van der Waals surface area (Å²) in [6.45, 7) is 2.34. The molecule has 0 aromatic heterocycles. The maximum absolute atomic E-state index is 12.7. The van der Waals surface area contributed by atoms with Crippen molar-refractivity contribution >= 4 is 39.2 Å². The molecule has 0 bridgehead atoms. The molecule has 1 aliphatic rings. The van der Waals surface area contributed by atoms with Crippen molar-refractivity contribution in [1.29, 1.82) is 0 Å². The summed E-state index contributed by atoms with van der Waals surface area (Å²) in [6, 6.07) is 13.7. The molecule has 1 amide bonds. The van der Waals surface area contributed by atoms with Gasteiger partial charge in [-0.2, -0.15) is 0 Å². The Morgan fingerprint density at radius 1 is 1.10 bits per heavy atom. The molecule has 0 aliphatic carbocycles. The van der Waals surface area contributed by atoms with Crippen LogP contribution >= 0.6 is 11.8 Å². The zero-order valence-electron chi connectivity index (χ0n) is 16.5. The molecule has 0 fully saturated rings. The minimum atomic E-state index is -3.66. The summed E-state index contributed by atoms with van der Waals surface area (Å²) in [5, 5.41) is 0. The molecular weight excluding hydrogens is 408 g/mol. The van der Waals surface area contributed by atoms with Gasteiger partial charge in [-0.15, -0.1) is 11.8 Å². The zero-order chi connectivity index (χ0) is 21.0. The number of Topliss-reactive ketones (excluding diaryl/α,β-unsaturated/α-hetero) is 1. The van der Waals surface area contributed by atoms with Crippen molar-refractivity contribution in [2.45, 2.75) is 29.6 Å². The molecule has 2 aromatic carbocycles. The SMILES string of the molecule is CC(=O)c1ccc(S(=O)(=O)N(C)CCCC(=O)N2CCSc3ccccc32)cc1. The highest BCUT2D eigenvalue weighted by Crippen LogP contribution is 2.34. The van der Waals surface area contributed by atoms with Gasteiger partial charge >= 0.3 is 0 Å². The van der Waals surface area contributed by atoms with Crippen molar-refractivity contribution in [3.05, 3.63) is 54.1 Å². The fourth-order valence-electron chi connectivity index (χ4n) is 3.18. The Morgan fingerprint density at radius 2 is 1.79 bits per heavy atom. The summed E-state index contributed by atoms with van der Waals surface area (Å²) in [4.78, 5) is 27.1. The van der Waals surface area contributed by atoms with E-state index in [0.717, 1.165) is 16.3 Å². The average molecular weight is 433 g/mol. The summed E-state index contributed by atoms with van der Waals surface area (Å²) in [5.74, 6) is 0.751. The number of para-hydroxylation sites is 1. The van der Waals surface area contributed by atoms with Gasteiger partial charge in [0, 0.05) is 42.8 Å². The number of nitrogens with zero attached hydrogens (tertiary/aromatic N) is 2. The van der Waals surface area contributed by atoms with Gasteiger partial charge in [0.05, 0.1) is 10.6 Å². The highest BCUT2D eigenvalue weighted by atomic mass is 32.2. The number of sulfonamides is 1. The summed E-state index contributed by atoms with van der Waals surface area (Å²) in [7, 11) is -2.15. The van der Waals surface area contributed by atoms with Gasteiger partial charge in [0.15, 0.2) is 5.78 Å². The minimum Gasteiger partial charge on any atom is -0.310 e. The van der Waals surface area contributed by atoms with E-state index in [-0.39, 0.29) is 29.6 Å². The number of anilines is 1. The number of benzene rings is 2. The number of hydrogen-bond acceptors (Lipinski definition) is 5. The highest BCUT2D eigenvalue weighted by Gasteiger charge is 2.24. The lowest BCUT2D eigenvalue weighted by molar-refractivity contribution is -0.118. The molecule has 0 saturated carbocycles. The summed E-state index contributed by atoms with van der Waals surface area (Å²) in [5.41, 5.74) is 1.40. The standard InChI is InChI=1S/C21H24N2O4S2/c1-16(24)17-9-11-18(12-10-17)29(26,27)22(2)13-5-8-21(25)23-14-15-28-20-7-4-3-6-19(20)23/h3-4,6-7,9-12H,5,8,13-15H2,1-2H3. The first kappa shape index (κ1) is 21.5. The number of hydrogen-bond donors (Lipinski definition) is 0. The average Bonchev–Trinajstić information content (AvgIpc) is 2.73. The second-order valence-corrected chi connectivity index (χ2v) is 10.1. The molecule has 0 radical (unpaired) electrons. The number of fused-ring (bicyclic) bond motifs is 1. The van der Waals surface area contributed by atoms with Gasteiger partial charge in [-0.25, -0.2) is 12.7 Å².